The van der Waals surface area contributed by atoms with Gasteiger partial charge in [-0.05, 0) is 48.5 Å². The molecule has 118 valence electrons. The first kappa shape index (κ1) is 14.0. The molecule has 24 heavy (non-hydrogen) atoms. The number of nitrogens with zero attached hydrogens (tertiary/aromatic N) is 4. The predicted octanol–water partition coefficient (Wildman–Crippen LogP) is 4.42. The highest BCUT2D eigenvalue weighted by atomic mass is 16.3. The van der Waals surface area contributed by atoms with Crippen LogP contribution in [0.25, 0.3) is 17.1 Å². The monoisotopic (exact) mass is 320 g/mol. The van der Waals surface area contributed by atoms with Gasteiger partial charge in [0, 0.05) is 6.20 Å². The normalized spacial score (nSPS) is 11.5. The third-order valence-electron chi connectivity index (χ3n) is 3.47. The van der Waals surface area contributed by atoms with Crippen LogP contribution in [-0.2, 0) is 0 Å². The highest BCUT2D eigenvalue weighted by Gasteiger charge is 2.17. The highest BCUT2D eigenvalue weighted by molar-refractivity contribution is 5.73. The van der Waals surface area contributed by atoms with Crippen molar-refractivity contribution in [2.75, 3.05) is 0 Å². The summed E-state index contributed by atoms with van der Waals surface area (Å²) in [5.74, 6) is 1.16. The lowest BCUT2D eigenvalue weighted by Crippen LogP contribution is -1.82. The van der Waals surface area contributed by atoms with Gasteiger partial charge in [-0.15, -0.1) is 10.2 Å². The Bertz CT molecular complexity index is 1020. The Morgan fingerprint density at radius 3 is 2.54 bits per heavy atom. The molecule has 0 atom stereocenters. The average Bonchev–Trinajstić information content (AvgIpc) is 3.22. The maximum atomic E-state index is 10.0. The van der Waals surface area contributed by atoms with Gasteiger partial charge in [0.2, 0.25) is 0 Å². The summed E-state index contributed by atoms with van der Waals surface area (Å²) in [6.45, 7) is 0. The van der Waals surface area contributed by atoms with Gasteiger partial charge in [-0.25, -0.2) is 4.98 Å². The van der Waals surface area contributed by atoms with Crippen molar-refractivity contribution in [3.63, 3.8) is 0 Å². The van der Waals surface area contributed by atoms with E-state index in [0.717, 1.165) is 0 Å². The summed E-state index contributed by atoms with van der Waals surface area (Å²) in [7, 11) is 0. The van der Waals surface area contributed by atoms with Crippen LogP contribution < -0.4 is 0 Å². The van der Waals surface area contributed by atoms with E-state index in [1.165, 1.54) is 12.1 Å². The summed E-state index contributed by atoms with van der Waals surface area (Å²) in [6, 6.07) is 13.1. The van der Waals surface area contributed by atoms with Gasteiger partial charge in [0.25, 0.3) is 0 Å². The first-order chi connectivity index (χ1) is 11.7. The van der Waals surface area contributed by atoms with Crippen LogP contribution in [0, 0.1) is 0 Å². The molecule has 0 unspecified atom stereocenters. The van der Waals surface area contributed by atoms with Crippen LogP contribution in [-0.4, -0.2) is 19.6 Å². The maximum absolute atomic E-state index is 10.0. The quantitative estimate of drug-likeness (QED) is 0.546. The molecule has 3 heterocycles. The summed E-state index contributed by atoms with van der Waals surface area (Å²) < 4.78 is 7.04. The Kier molecular flexibility index (Phi) is 3.24. The summed E-state index contributed by atoms with van der Waals surface area (Å²) in [4.78, 5) is 4.41. The largest absolute Gasteiger partial charge is 0.508 e. The Morgan fingerprint density at radius 2 is 1.79 bits per heavy atom. The molecule has 0 fully saturated rings. The van der Waals surface area contributed by atoms with E-state index >= 15 is 0 Å². The number of pyridine rings is 1. The minimum absolute atomic E-state index is 0.0383. The zero-order valence-corrected chi connectivity index (χ0v) is 12.4. The second-order valence-electron chi connectivity index (χ2n) is 5.06. The number of aromatic nitrogens is 2. The van der Waals surface area contributed by atoms with Crippen LogP contribution >= 0.6 is 0 Å². The topological polar surface area (TPSA) is 95.6 Å². The van der Waals surface area contributed by atoms with Crippen molar-refractivity contribution in [2.45, 2.75) is 0 Å². The number of phenols is 1. The molecule has 0 spiro atoms. The molecule has 0 radical (unpaired) electrons. The molecule has 1 aromatic carbocycles. The van der Waals surface area contributed by atoms with E-state index < -0.39 is 0 Å². The number of furan rings is 1. The van der Waals surface area contributed by atoms with E-state index in [1.807, 2.05) is 0 Å². The van der Waals surface area contributed by atoms with Crippen molar-refractivity contribution in [1.29, 1.82) is 0 Å². The molecule has 0 aliphatic carbocycles. The van der Waals surface area contributed by atoms with Gasteiger partial charge in [0.15, 0.2) is 28.7 Å². The van der Waals surface area contributed by atoms with Crippen molar-refractivity contribution >= 4 is 17.2 Å². The minimum Gasteiger partial charge on any atom is -0.508 e. The number of hydrogen-bond acceptors (Lipinski definition) is 6. The van der Waals surface area contributed by atoms with E-state index in [2.05, 4.69) is 15.2 Å². The van der Waals surface area contributed by atoms with Gasteiger partial charge in [-0.2, -0.15) is 0 Å². The lowest BCUT2D eigenvalue weighted by atomic mass is 10.3. The summed E-state index contributed by atoms with van der Waals surface area (Å²) in [5, 5.41) is 27.8. The zero-order valence-electron chi connectivity index (χ0n) is 12.4. The summed E-state index contributed by atoms with van der Waals surface area (Å²) in [6.07, 6.45) is 3.28. The Morgan fingerprint density at radius 1 is 0.958 bits per heavy atom. The molecular formula is C17H12N4O3. The number of azo groups is 1. The molecular weight excluding hydrogens is 308 g/mol. The first-order valence-corrected chi connectivity index (χ1v) is 7.17. The minimum atomic E-state index is 0.0383. The molecule has 0 aliphatic rings. The molecule has 0 saturated heterocycles. The smallest absolute Gasteiger partial charge is 0.190 e. The lowest BCUT2D eigenvalue weighted by molar-refractivity contribution is 0.475. The van der Waals surface area contributed by atoms with E-state index in [4.69, 9.17) is 4.42 Å². The molecule has 0 saturated carbocycles. The molecule has 0 amide bonds. The van der Waals surface area contributed by atoms with Crippen LogP contribution in [0.5, 0.6) is 11.5 Å². The van der Waals surface area contributed by atoms with Crippen molar-refractivity contribution < 1.29 is 14.6 Å². The van der Waals surface area contributed by atoms with E-state index in [1.54, 1.807) is 53.3 Å². The fourth-order valence-electron chi connectivity index (χ4n) is 2.34. The summed E-state index contributed by atoms with van der Waals surface area (Å²) in [5.41, 5.74) is 1.42. The number of hydrogen-bond donors (Lipinski definition) is 2. The van der Waals surface area contributed by atoms with Crippen LogP contribution in [0.4, 0.5) is 11.5 Å². The number of aromatic hydroxyl groups is 2. The van der Waals surface area contributed by atoms with Gasteiger partial charge < -0.3 is 14.6 Å². The Hall–Kier alpha value is -3.61. The number of imidazole rings is 1. The maximum Gasteiger partial charge on any atom is 0.190 e. The van der Waals surface area contributed by atoms with Crippen molar-refractivity contribution in [3.05, 3.63) is 61.0 Å². The second-order valence-corrected chi connectivity index (χ2v) is 5.06. The zero-order chi connectivity index (χ0) is 16.5. The van der Waals surface area contributed by atoms with E-state index in [0.29, 0.717) is 28.6 Å². The number of benzene rings is 1. The standard InChI is InChI=1S/C17H12N4O3/c22-12-7-5-11(6-8-12)19-20-17-15(14-4-2-10-24-14)18-16-13(23)3-1-9-21(16)17/h1-10,22-23H. The van der Waals surface area contributed by atoms with Gasteiger partial charge in [-0.1, -0.05) is 0 Å². The molecule has 2 N–H and O–H groups in total. The van der Waals surface area contributed by atoms with Crippen LogP contribution in [0.15, 0.2) is 75.6 Å². The second kappa shape index (κ2) is 5.54. The van der Waals surface area contributed by atoms with Gasteiger partial charge in [-0.3, -0.25) is 4.40 Å². The third-order valence-corrected chi connectivity index (χ3v) is 3.47. The van der Waals surface area contributed by atoms with Crippen molar-refractivity contribution in [1.82, 2.24) is 9.38 Å². The number of rotatable bonds is 3. The first-order valence-electron chi connectivity index (χ1n) is 7.17. The fraction of sp³-hybridized carbons (Fsp3) is 0. The molecule has 3 aromatic heterocycles. The van der Waals surface area contributed by atoms with Crippen molar-refractivity contribution in [3.8, 4) is 23.0 Å². The van der Waals surface area contributed by atoms with Crippen molar-refractivity contribution in [2.24, 2.45) is 10.2 Å². The molecule has 0 bridgehead atoms. The van der Waals surface area contributed by atoms with E-state index in [9.17, 15) is 10.2 Å². The number of fused-ring (bicyclic) bond motifs is 1. The SMILES string of the molecule is Oc1ccc(N=Nc2c(-c3ccco3)nc3c(O)cccn23)cc1. The lowest BCUT2D eigenvalue weighted by Gasteiger charge is -1.98. The van der Waals surface area contributed by atoms with Gasteiger partial charge >= 0.3 is 0 Å². The van der Waals surface area contributed by atoms with Crippen LogP contribution in [0.2, 0.25) is 0 Å². The molecule has 7 heteroatoms. The van der Waals surface area contributed by atoms with Gasteiger partial charge in [0.1, 0.15) is 5.75 Å². The Balaban J connectivity index is 1.88. The average molecular weight is 320 g/mol. The molecule has 0 aliphatic heterocycles. The van der Waals surface area contributed by atoms with E-state index in [-0.39, 0.29) is 11.5 Å². The third kappa shape index (κ3) is 2.38. The molecule has 4 rings (SSSR count). The predicted molar refractivity (Wildman–Crippen MR) is 86.8 cm³/mol. The van der Waals surface area contributed by atoms with Crippen LogP contribution in [0.1, 0.15) is 0 Å². The fourth-order valence-corrected chi connectivity index (χ4v) is 2.34. The number of phenolic OH excluding ortho intramolecular Hbond substituents is 1. The Labute approximate surface area is 136 Å². The summed E-state index contributed by atoms with van der Waals surface area (Å²) >= 11 is 0. The molecule has 7 nitrogen and oxygen atoms in total. The van der Waals surface area contributed by atoms with Gasteiger partial charge in [0.05, 0.1) is 12.0 Å². The highest BCUT2D eigenvalue weighted by Crippen LogP contribution is 2.34. The molecule has 4 aromatic rings. The van der Waals surface area contributed by atoms with Crippen LogP contribution in [0.3, 0.4) is 0 Å².